The lowest BCUT2D eigenvalue weighted by Gasteiger charge is -2.43. The van der Waals surface area contributed by atoms with Gasteiger partial charge in [0.25, 0.3) is 0 Å². The third-order valence-corrected chi connectivity index (χ3v) is 4.80. The van der Waals surface area contributed by atoms with Gasteiger partial charge < -0.3 is 5.32 Å². The Morgan fingerprint density at radius 2 is 2.00 bits per heavy atom. The van der Waals surface area contributed by atoms with E-state index in [1.54, 1.807) is 11.1 Å². The highest BCUT2D eigenvalue weighted by molar-refractivity contribution is 5.31. The van der Waals surface area contributed by atoms with Crippen molar-refractivity contribution >= 4 is 0 Å². The minimum absolute atomic E-state index is 0.617. The van der Waals surface area contributed by atoms with Gasteiger partial charge in [0.2, 0.25) is 0 Å². The Hall–Kier alpha value is -0.860. The normalized spacial score (nSPS) is 32.6. The van der Waals surface area contributed by atoms with Gasteiger partial charge in [-0.05, 0) is 44.2 Å². The number of nitrogens with one attached hydrogen (secondary N) is 1. The van der Waals surface area contributed by atoms with Crippen molar-refractivity contribution in [1.82, 2.24) is 10.2 Å². The third kappa shape index (κ3) is 2.70. The van der Waals surface area contributed by atoms with Gasteiger partial charge in [0, 0.05) is 31.2 Å². The Labute approximate surface area is 117 Å². The van der Waals surface area contributed by atoms with Crippen LogP contribution < -0.4 is 5.32 Å². The maximum Gasteiger partial charge on any atom is 0.0354 e. The van der Waals surface area contributed by atoms with Crippen LogP contribution in [0.15, 0.2) is 24.3 Å². The highest BCUT2D eigenvalue weighted by atomic mass is 15.2. The number of hydrogen-bond acceptors (Lipinski definition) is 2. The molecule has 1 aliphatic heterocycles. The van der Waals surface area contributed by atoms with Crippen LogP contribution in [0.5, 0.6) is 0 Å². The lowest BCUT2D eigenvalue weighted by molar-refractivity contribution is 0.0892. The summed E-state index contributed by atoms with van der Waals surface area (Å²) in [5.41, 5.74) is 3.18. The molecule has 3 unspecified atom stereocenters. The molecule has 3 atom stereocenters. The first-order valence-corrected chi connectivity index (χ1v) is 7.82. The predicted octanol–water partition coefficient (Wildman–Crippen LogP) is 3.14. The van der Waals surface area contributed by atoms with Gasteiger partial charge >= 0.3 is 0 Å². The highest BCUT2D eigenvalue weighted by Crippen LogP contribution is 2.35. The summed E-state index contributed by atoms with van der Waals surface area (Å²) in [5.74, 6) is 0. The topological polar surface area (TPSA) is 15.3 Å². The Balaban J connectivity index is 1.90. The fourth-order valence-electron chi connectivity index (χ4n) is 3.72. The molecule has 1 fully saturated rings. The molecule has 0 bridgehead atoms. The van der Waals surface area contributed by atoms with E-state index in [-0.39, 0.29) is 0 Å². The van der Waals surface area contributed by atoms with E-state index >= 15 is 0 Å². The number of aryl methyl sites for hydroxylation is 1. The van der Waals surface area contributed by atoms with Crippen LogP contribution in [-0.4, -0.2) is 30.1 Å². The van der Waals surface area contributed by atoms with Gasteiger partial charge in [0.05, 0.1) is 0 Å². The zero-order valence-electron chi connectivity index (χ0n) is 12.2. The second-order valence-corrected chi connectivity index (χ2v) is 6.32. The Bertz CT molecular complexity index is 429. The first-order chi connectivity index (χ1) is 9.25. The van der Waals surface area contributed by atoms with Crippen LogP contribution in [0.4, 0.5) is 0 Å². The fraction of sp³-hybridized carbons (Fsp3) is 0.647. The van der Waals surface area contributed by atoms with E-state index in [0.717, 1.165) is 6.54 Å². The van der Waals surface area contributed by atoms with E-state index in [4.69, 9.17) is 0 Å². The van der Waals surface area contributed by atoms with Crippen LogP contribution in [0.25, 0.3) is 0 Å². The maximum absolute atomic E-state index is 3.60. The van der Waals surface area contributed by atoms with Gasteiger partial charge in [-0.1, -0.05) is 30.7 Å². The fourth-order valence-corrected chi connectivity index (χ4v) is 3.72. The molecule has 1 saturated heterocycles. The molecule has 104 valence electrons. The summed E-state index contributed by atoms with van der Waals surface area (Å²) in [4.78, 5) is 2.74. The molecule has 1 N–H and O–H groups in total. The van der Waals surface area contributed by atoms with E-state index in [0.29, 0.717) is 18.1 Å². The summed E-state index contributed by atoms with van der Waals surface area (Å²) in [6.45, 7) is 6.98. The molecule has 1 aromatic carbocycles. The van der Waals surface area contributed by atoms with Gasteiger partial charge in [-0.3, -0.25) is 4.90 Å². The van der Waals surface area contributed by atoms with Crippen molar-refractivity contribution in [2.24, 2.45) is 0 Å². The molecule has 0 aromatic heterocycles. The minimum atomic E-state index is 0.617. The molecule has 0 saturated carbocycles. The van der Waals surface area contributed by atoms with Crippen LogP contribution in [-0.2, 0) is 6.42 Å². The molecule has 1 aliphatic carbocycles. The average molecular weight is 258 g/mol. The summed E-state index contributed by atoms with van der Waals surface area (Å²) in [6, 6.07) is 11.0. The van der Waals surface area contributed by atoms with Crippen LogP contribution >= 0.6 is 0 Å². The molecule has 0 spiro atoms. The Morgan fingerprint density at radius 1 is 1.16 bits per heavy atom. The van der Waals surface area contributed by atoms with E-state index in [9.17, 15) is 0 Å². The van der Waals surface area contributed by atoms with Gasteiger partial charge in [-0.2, -0.15) is 0 Å². The van der Waals surface area contributed by atoms with Gasteiger partial charge in [0.15, 0.2) is 0 Å². The zero-order chi connectivity index (χ0) is 13.2. The molecule has 2 heteroatoms. The predicted molar refractivity (Wildman–Crippen MR) is 80.4 cm³/mol. The number of piperazine rings is 1. The van der Waals surface area contributed by atoms with Crippen molar-refractivity contribution in [3.8, 4) is 0 Å². The lowest BCUT2D eigenvalue weighted by atomic mass is 9.95. The quantitative estimate of drug-likeness (QED) is 0.779. The molecular formula is C17H26N2. The minimum Gasteiger partial charge on any atom is -0.311 e. The lowest BCUT2D eigenvalue weighted by Crippen LogP contribution is -2.55. The molecule has 2 aliphatic rings. The van der Waals surface area contributed by atoms with Crippen molar-refractivity contribution in [2.75, 3.05) is 13.1 Å². The molecule has 2 nitrogen and oxygen atoms in total. The molecular weight excluding hydrogens is 232 g/mol. The molecule has 1 heterocycles. The van der Waals surface area contributed by atoms with E-state index in [1.165, 1.54) is 32.2 Å². The van der Waals surface area contributed by atoms with Gasteiger partial charge in [0.1, 0.15) is 0 Å². The first kappa shape index (κ1) is 13.1. The summed E-state index contributed by atoms with van der Waals surface area (Å²) in [5, 5.41) is 3.60. The second-order valence-electron chi connectivity index (χ2n) is 6.32. The molecule has 3 rings (SSSR count). The smallest absolute Gasteiger partial charge is 0.0354 e. The van der Waals surface area contributed by atoms with Crippen molar-refractivity contribution in [2.45, 2.75) is 57.7 Å². The monoisotopic (exact) mass is 258 g/mol. The largest absolute Gasteiger partial charge is 0.311 e. The number of hydrogen-bond donors (Lipinski definition) is 1. The van der Waals surface area contributed by atoms with Crippen molar-refractivity contribution in [3.05, 3.63) is 35.4 Å². The first-order valence-electron chi connectivity index (χ1n) is 7.82. The van der Waals surface area contributed by atoms with Crippen LogP contribution in [0.1, 0.15) is 50.3 Å². The number of fused-ring (bicyclic) bond motifs is 1. The van der Waals surface area contributed by atoms with E-state index in [2.05, 4.69) is 48.3 Å². The number of benzene rings is 1. The van der Waals surface area contributed by atoms with Gasteiger partial charge in [-0.25, -0.2) is 0 Å². The van der Waals surface area contributed by atoms with Crippen LogP contribution in [0.2, 0.25) is 0 Å². The Kier molecular flexibility index (Phi) is 3.90. The molecule has 19 heavy (non-hydrogen) atoms. The summed E-state index contributed by atoms with van der Waals surface area (Å²) < 4.78 is 0. The standard InChI is InChI=1S/C17H26N2/c1-13-12-19(14(2)11-18-13)17-10-6-4-8-15-7-3-5-9-16(15)17/h3,5,7,9,13-14,17-18H,4,6,8,10-12H2,1-2H3. The van der Waals surface area contributed by atoms with Crippen molar-refractivity contribution in [3.63, 3.8) is 0 Å². The maximum atomic E-state index is 3.60. The zero-order valence-corrected chi connectivity index (χ0v) is 12.2. The van der Waals surface area contributed by atoms with Gasteiger partial charge in [-0.15, -0.1) is 0 Å². The number of nitrogens with zero attached hydrogens (tertiary/aromatic N) is 1. The summed E-state index contributed by atoms with van der Waals surface area (Å²) in [7, 11) is 0. The highest BCUT2D eigenvalue weighted by Gasteiger charge is 2.31. The molecule has 1 aromatic rings. The SMILES string of the molecule is CC1CN(C2CCCCc3ccccc32)C(C)CN1. The Morgan fingerprint density at radius 3 is 2.89 bits per heavy atom. The van der Waals surface area contributed by atoms with E-state index in [1.807, 2.05) is 0 Å². The van der Waals surface area contributed by atoms with Crippen LogP contribution in [0.3, 0.4) is 0 Å². The molecule has 0 amide bonds. The van der Waals surface area contributed by atoms with Crippen LogP contribution in [0, 0.1) is 0 Å². The second kappa shape index (κ2) is 5.64. The third-order valence-electron chi connectivity index (χ3n) is 4.80. The summed E-state index contributed by atoms with van der Waals surface area (Å²) >= 11 is 0. The van der Waals surface area contributed by atoms with Crippen molar-refractivity contribution < 1.29 is 0 Å². The molecule has 0 radical (unpaired) electrons. The number of rotatable bonds is 1. The average Bonchev–Trinajstić information content (AvgIpc) is 2.64. The summed E-state index contributed by atoms with van der Waals surface area (Å²) in [6.07, 6.45) is 5.31. The van der Waals surface area contributed by atoms with E-state index < -0.39 is 0 Å². The van der Waals surface area contributed by atoms with Crippen molar-refractivity contribution in [1.29, 1.82) is 0 Å².